The standard InChI is InChI=1S/C6H8N2O3/c1-8(6(9)11-7)5-3-2-4-10-5/h2-4H,7H2,1H3. The van der Waals surface area contributed by atoms with Gasteiger partial charge in [0.15, 0.2) is 0 Å². The molecule has 0 spiro atoms. The summed E-state index contributed by atoms with van der Waals surface area (Å²) >= 11 is 0. The second-order valence-corrected chi connectivity index (χ2v) is 1.89. The first-order valence-corrected chi connectivity index (χ1v) is 2.93. The number of hydrogen-bond acceptors (Lipinski definition) is 4. The molecule has 5 heteroatoms. The molecule has 11 heavy (non-hydrogen) atoms. The number of carbonyl (C=O) groups is 1. The molecule has 1 aromatic rings. The van der Waals surface area contributed by atoms with Crippen molar-refractivity contribution >= 4 is 12.0 Å². The Bertz CT molecular complexity index is 232. The van der Waals surface area contributed by atoms with E-state index in [1.807, 2.05) is 0 Å². The number of nitrogens with two attached hydrogens (primary N) is 1. The fraction of sp³-hybridized carbons (Fsp3) is 0.167. The molecule has 0 radical (unpaired) electrons. The number of rotatable bonds is 1. The number of carbonyl (C=O) groups excluding carboxylic acids is 1. The number of furan rings is 1. The van der Waals surface area contributed by atoms with Crippen LogP contribution in [0.1, 0.15) is 0 Å². The molecule has 0 aliphatic carbocycles. The van der Waals surface area contributed by atoms with E-state index in [1.54, 1.807) is 12.1 Å². The molecule has 0 aromatic carbocycles. The average Bonchev–Trinajstić information content (AvgIpc) is 2.53. The molecule has 0 saturated heterocycles. The number of hydrogen-bond donors (Lipinski definition) is 1. The molecule has 1 heterocycles. The van der Waals surface area contributed by atoms with Gasteiger partial charge in [-0.25, -0.2) is 9.69 Å². The topological polar surface area (TPSA) is 68.7 Å². The zero-order valence-corrected chi connectivity index (χ0v) is 5.98. The van der Waals surface area contributed by atoms with Crippen molar-refractivity contribution in [1.29, 1.82) is 0 Å². The van der Waals surface area contributed by atoms with Crippen LogP contribution in [0.3, 0.4) is 0 Å². The lowest BCUT2D eigenvalue weighted by molar-refractivity contribution is 0.156. The highest BCUT2D eigenvalue weighted by Crippen LogP contribution is 2.12. The summed E-state index contributed by atoms with van der Waals surface area (Å²) in [6.07, 6.45) is 0.787. The lowest BCUT2D eigenvalue weighted by atomic mass is 10.6. The van der Waals surface area contributed by atoms with E-state index in [4.69, 9.17) is 4.42 Å². The Hall–Kier alpha value is -1.49. The van der Waals surface area contributed by atoms with Gasteiger partial charge in [-0.1, -0.05) is 0 Å². The van der Waals surface area contributed by atoms with E-state index >= 15 is 0 Å². The molecule has 60 valence electrons. The van der Waals surface area contributed by atoms with Crippen LogP contribution in [0, 0.1) is 0 Å². The Morgan fingerprint density at radius 3 is 3.00 bits per heavy atom. The van der Waals surface area contributed by atoms with E-state index < -0.39 is 6.09 Å². The molecule has 0 saturated carbocycles. The Kier molecular flexibility index (Phi) is 2.12. The van der Waals surface area contributed by atoms with Gasteiger partial charge < -0.3 is 9.25 Å². The summed E-state index contributed by atoms with van der Waals surface area (Å²) in [5.41, 5.74) is 0. The first-order chi connectivity index (χ1) is 5.25. The summed E-state index contributed by atoms with van der Waals surface area (Å²) in [7, 11) is 1.49. The summed E-state index contributed by atoms with van der Waals surface area (Å²) in [4.78, 5) is 15.8. The van der Waals surface area contributed by atoms with E-state index in [0.717, 1.165) is 4.90 Å². The minimum absolute atomic E-state index is 0.389. The smallest absolute Gasteiger partial charge is 0.435 e. The zero-order valence-electron chi connectivity index (χ0n) is 5.98. The molecule has 1 rings (SSSR count). The minimum Gasteiger partial charge on any atom is -0.448 e. The molecule has 0 aliphatic heterocycles. The van der Waals surface area contributed by atoms with Gasteiger partial charge in [0.05, 0.1) is 6.26 Å². The predicted octanol–water partition coefficient (Wildman–Crippen LogP) is 0.726. The van der Waals surface area contributed by atoms with Gasteiger partial charge >= 0.3 is 6.09 Å². The summed E-state index contributed by atoms with van der Waals surface area (Å²) < 4.78 is 4.89. The third kappa shape index (κ3) is 1.50. The fourth-order valence-electron chi connectivity index (χ4n) is 0.630. The Morgan fingerprint density at radius 1 is 1.82 bits per heavy atom. The number of amides is 1. The SMILES string of the molecule is CN(C(=O)ON)c1ccco1. The van der Waals surface area contributed by atoms with Gasteiger partial charge in [-0.05, 0) is 6.07 Å². The number of nitrogens with zero attached hydrogens (tertiary/aromatic N) is 1. The molecule has 0 fully saturated rings. The third-order valence-electron chi connectivity index (χ3n) is 1.21. The first kappa shape index (κ1) is 7.62. The molecular formula is C6H8N2O3. The van der Waals surface area contributed by atoms with Crippen LogP contribution in [0.25, 0.3) is 0 Å². The lowest BCUT2D eigenvalue weighted by Gasteiger charge is -2.09. The molecule has 2 N–H and O–H groups in total. The number of anilines is 1. The van der Waals surface area contributed by atoms with Gasteiger partial charge in [0.1, 0.15) is 0 Å². The maximum atomic E-state index is 10.7. The van der Waals surface area contributed by atoms with Crippen LogP contribution < -0.4 is 10.8 Å². The summed E-state index contributed by atoms with van der Waals surface area (Å²) in [5, 5.41) is 0. The van der Waals surface area contributed by atoms with Gasteiger partial charge in [0.25, 0.3) is 0 Å². The molecule has 0 bridgehead atoms. The van der Waals surface area contributed by atoms with Crippen molar-refractivity contribution in [2.45, 2.75) is 0 Å². The molecule has 5 nitrogen and oxygen atoms in total. The Labute approximate surface area is 63.3 Å². The van der Waals surface area contributed by atoms with Crippen LogP contribution in [0.4, 0.5) is 10.7 Å². The van der Waals surface area contributed by atoms with Crippen molar-refractivity contribution in [2.75, 3.05) is 11.9 Å². The van der Waals surface area contributed by atoms with E-state index in [9.17, 15) is 4.79 Å². The first-order valence-electron chi connectivity index (χ1n) is 2.93. The Morgan fingerprint density at radius 2 is 2.55 bits per heavy atom. The quantitative estimate of drug-likeness (QED) is 0.608. The van der Waals surface area contributed by atoms with E-state index in [-0.39, 0.29) is 0 Å². The van der Waals surface area contributed by atoms with Crippen molar-refractivity contribution in [3.63, 3.8) is 0 Å². The summed E-state index contributed by atoms with van der Waals surface area (Å²) in [6.45, 7) is 0. The van der Waals surface area contributed by atoms with Crippen LogP contribution in [0.15, 0.2) is 22.8 Å². The van der Waals surface area contributed by atoms with Crippen molar-refractivity contribution in [3.05, 3.63) is 18.4 Å². The molecule has 0 atom stereocenters. The van der Waals surface area contributed by atoms with Crippen molar-refractivity contribution in [1.82, 2.24) is 0 Å². The van der Waals surface area contributed by atoms with Crippen LogP contribution >= 0.6 is 0 Å². The van der Waals surface area contributed by atoms with Crippen LogP contribution in [0.2, 0.25) is 0 Å². The predicted molar refractivity (Wildman–Crippen MR) is 37.8 cm³/mol. The highest BCUT2D eigenvalue weighted by atomic mass is 16.7. The highest BCUT2D eigenvalue weighted by molar-refractivity contribution is 5.84. The maximum Gasteiger partial charge on any atom is 0.435 e. The van der Waals surface area contributed by atoms with E-state index in [2.05, 4.69) is 10.7 Å². The third-order valence-corrected chi connectivity index (χ3v) is 1.21. The Balaban J connectivity index is 2.70. The molecule has 1 aromatic heterocycles. The van der Waals surface area contributed by atoms with E-state index in [1.165, 1.54) is 13.3 Å². The van der Waals surface area contributed by atoms with E-state index in [0.29, 0.717) is 5.88 Å². The molecular weight excluding hydrogens is 148 g/mol. The van der Waals surface area contributed by atoms with Crippen molar-refractivity contribution < 1.29 is 14.0 Å². The summed E-state index contributed by atoms with van der Waals surface area (Å²) in [5.74, 6) is 5.04. The second-order valence-electron chi connectivity index (χ2n) is 1.89. The molecule has 1 amide bonds. The minimum atomic E-state index is -0.667. The van der Waals surface area contributed by atoms with Crippen molar-refractivity contribution in [2.24, 2.45) is 5.90 Å². The second kappa shape index (κ2) is 3.07. The van der Waals surface area contributed by atoms with Crippen LogP contribution in [-0.2, 0) is 4.84 Å². The summed E-state index contributed by atoms with van der Waals surface area (Å²) in [6, 6.07) is 3.28. The van der Waals surface area contributed by atoms with Gasteiger partial charge in [0, 0.05) is 13.1 Å². The zero-order chi connectivity index (χ0) is 8.27. The lowest BCUT2D eigenvalue weighted by Crippen LogP contribution is -2.28. The fourth-order valence-corrected chi connectivity index (χ4v) is 0.630. The van der Waals surface area contributed by atoms with Gasteiger partial charge in [-0.3, -0.25) is 0 Å². The monoisotopic (exact) mass is 156 g/mol. The average molecular weight is 156 g/mol. The van der Waals surface area contributed by atoms with Gasteiger partial charge in [-0.15, -0.1) is 0 Å². The van der Waals surface area contributed by atoms with Crippen molar-refractivity contribution in [3.8, 4) is 0 Å². The van der Waals surface area contributed by atoms with Gasteiger partial charge in [0.2, 0.25) is 5.88 Å². The molecule has 0 aliphatic rings. The van der Waals surface area contributed by atoms with Crippen LogP contribution in [0.5, 0.6) is 0 Å². The normalized spacial score (nSPS) is 9.27. The highest BCUT2D eigenvalue weighted by Gasteiger charge is 2.12. The molecule has 0 unspecified atom stereocenters. The maximum absolute atomic E-state index is 10.7. The largest absolute Gasteiger partial charge is 0.448 e. The van der Waals surface area contributed by atoms with Crippen LogP contribution in [-0.4, -0.2) is 13.1 Å². The van der Waals surface area contributed by atoms with Gasteiger partial charge in [-0.2, -0.15) is 5.90 Å².